The molecule has 4 rings (SSSR count). The molecule has 5 N–H and O–H groups in total. The zero-order valence-corrected chi connectivity index (χ0v) is 38.2. The summed E-state index contributed by atoms with van der Waals surface area (Å²) < 4.78 is 15.1. The first-order chi connectivity index (χ1) is 28.5. The lowest BCUT2D eigenvalue weighted by molar-refractivity contribution is 0.0596. The van der Waals surface area contributed by atoms with Gasteiger partial charge in [-0.3, -0.25) is 20.2 Å². The fraction of sp³-hybridized carbons (Fsp3) is 0.383. The van der Waals surface area contributed by atoms with Crippen LogP contribution in [-0.2, 0) is 20.8 Å². The molecule has 0 aromatic heterocycles. The lowest BCUT2D eigenvalue weighted by Gasteiger charge is -2.20. The van der Waals surface area contributed by atoms with Crippen LogP contribution in [-0.4, -0.2) is 53.4 Å². The summed E-state index contributed by atoms with van der Waals surface area (Å²) in [5, 5.41) is 19.8. The van der Waals surface area contributed by atoms with E-state index >= 15 is 0 Å². The smallest absolute Gasteiger partial charge is 0.412 e. The van der Waals surface area contributed by atoms with Gasteiger partial charge in [0.2, 0.25) is 0 Å². The molecule has 0 bridgehead atoms. The number of benzene rings is 4. The van der Waals surface area contributed by atoms with Crippen molar-refractivity contribution < 1.29 is 43.3 Å². The van der Waals surface area contributed by atoms with Gasteiger partial charge < -0.3 is 30.0 Å². The molecular weight excluding hydrogens is 765 g/mol. The average molecular weight is 833 g/mol. The van der Waals surface area contributed by atoms with Crippen LogP contribution in [0.4, 0.5) is 32.3 Å². The summed E-state index contributed by atoms with van der Waals surface area (Å²) in [5.74, 6) is -1.18. The number of methoxy groups -OCH3 is 1. The zero-order valence-electron chi connectivity index (χ0n) is 38.2. The lowest BCUT2D eigenvalue weighted by Crippen LogP contribution is -2.27. The van der Waals surface area contributed by atoms with E-state index in [1.54, 1.807) is 114 Å². The number of esters is 1. The number of para-hydroxylation sites is 4. The highest BCUT2D eigenvalue weighted by molar-refractivity contribution is 6.08. The number of nitrogens with one attached hydrogen (secondary N) is 4. The molecule has 0 heterocycles. The van der Waals surface area contributed by atoms with Gasteiger partial charge in [0.1, 0.15) is 11.2 Å². The predicted molar refractivity (Wildman–Crippen MR) is 244 cm³/mol. The summed E-state index contributed by atoms with van der Waals surface area (Å²) in [6, 6.07) is 26.3. The quantitative estimate of drug-likeness (QED) is 0.0852. The van der Waals surface area contributed by atoms with Gasteiger partial charge in [0.15, 0.2) is 0 Å². The molecule has 330 valence electrons. The number of aliphatic hydroxyl groups excluding tert-OH is 1. The van der Waals surface area contributed by atoms with Crippen molar-refractivity contribution >= 4 is 52.7 Å². The minimum absolute atomic E-state index is 0.0788. The maximum atomic E-state index is 12.5. The number of aliphatic hydroxyl groups is 1. The minimum Gasteiger partial charge on any atom is -0.465 e. The topological polar surface area (TPSA) is 181 Å². The summed E-state index contributed by atoms with van der Waals surface area (Å²) in [6.07, 6.45) is -1.21. The van der Waals surface area contributed by atoms with Crippen LogP contribution in [0.5, 0.6) is 0 Å². The van der Waals surface area contributed by atoms with E-state index < -0.39 is 29.4 Å². The first-order valence-corrected chi connectivity index (χ1v) is 20.2. The van der Waals surface area contributed by atoms with E-state index in [0.29, 0.717) is 39.4 Å². The number of anilines is 4. The normalized spacial score (nSPS) is 9.73. The molecule has 0 aliphatic rings. The number of amides is 4. The molecule has 4 aromatic rings. The van der Waals surface area contributed by atoms with Gasteiger partial charge >= 0.3 is 18.2 Å². The summed E-state index contributed by atoms with van der Waals surface area (Å²) in [6.45, 7) is 26.5. The van der Waals surface area contributed by atoms with Crippen molar-refractivity contribution in [2.24, 2.45) is 0 Å². The molecular formula is C47H68N4O9. The molecule has 0 radical (unpaired) electrons. The fourth-order valence-corrected chi connectivity index (χ4v) is 4.26. The molecule has 0 unspecified atom stereocenters. The van der Waals surface area contributed by atoms with Crippen LogP contribution in [0, 0.1) is 0 Å². The Morgan fingerprint density at radius 2 is 0.750 bits per heavy atom. The molecule has 0 aliphatic heterocycles. The van der Waals surface area contributed by atoms with Gasteiger partial charge in [0.25, 0.3) is 11.8 Å². The number of carbonyl (C=O) groups excluding carboxylic acids is 5. The van der Waals surface area contributed by atoms with E-state index in [1.165, 1.54) is 31.4 Å². The highest BCUT2D eigenvalue weighted by Gasteiger charge is 2.19. The Balaban J connectivity index is 0. The van der Waals surface area contributed by atoms with Crippen LogP contribution in [0.2, 0.25) is 0 Å². The zero-order chi connectivity index (χ0) is 46.5. The number of ether oxygens (including phenoxy) is 3. The highest BCUT2D eigenvalue weighted by atomic mass is 16.6. The molecule has 4 aromatic carbocycles. The summed E-state index contributed by atoms with van der Waals surface area (Å²) in [4.78, 5) is 60.2. The number of hydrogen-bond donors (Lipinski definition) is 5. The standard InChI is InChI=1S/C20H22N2O5.C19H22N2O4.4C2H6/c1-20(2,3)27-19(25)22-16-8-6-5-7-15(16)21-17(23)13-9-11-14(12-10-13)18(24)26-4;1-19(2,3)25-18(24)21-16-7-5-4-6-15(16)20-17(23)14-10-8-13(12-22)9-11-14;4*1-2/h5-12H,1-4H3,(H,21,23)(H,22,25);4-11,22H,12H2,1-3H3,(H,20,23)(H,21,24);4*1-2H3. The Hall–Kier alpha value is -6.21. The third-order valence-corrected chi connectivity index (χ3v) is 6.59. The number of carbonyl (C=O) groups is 5. The SMILES string of the molecule is CC.CC.CC.CC.CC(C)(C)OC(=O)Nc1ccccc1NC(=O)c1ccc(CO)cc1.COC(=O)c1ccc(C(=O)Nc2ccccc2NC(=O)OC(C)(C)C)cc1. The lowest BCUT2D eigenvalue weighted by atomic mass is 10.1. The average Bonchev–Trinajstić information content (AvgIpc) is 3.23. The van der Waals surface area contributed by atoms with Gasteiger partial charge in [-0.1, -0.05) is 91.8 Å². The minimum atomic E-state index is -0.635. The Labute approximate surface area is 357 Å². The van der Waals surface area contributed by atoms with Gasteiger partial charge in [-0.15, -0.1) is 0 Å². The van der Waals surface area contributed by atoms with E-state index in [-0.39, 0.29) is 18.4 Å². The molecule has 60 heavy (non-hydrogen) atoms. The largest absolute Gasteiger partial charge is 0.465 e. The van der Waals surface area contributed by atoms with Crippen molar-refractivity contribution in [3.63, 3.8) is 0 Å². The molecule has 0 aliphatic carbocycles. The van der Waals surface area contributed by atoms with Crippen molar-refractivity contribution in [1.29, 1.82) is 0 Å². The van der Waals surface area contributed by atoms with Crippen LogP contribution < -0.4 is 21.3 Å². The molecule has 4 amide bonds. The first-order valence-electron chi connectivity index (χ1n) is 20.2. The Bertz CT molecular complexity index is 1860. The molecule has 0 spiro atoms. The monoisotopic (exact) mass is 832 g/mol. The Morgan fingerprint density at radius 3 is 1.03 bits per heavy atom. The predicted octanol–water partition coefficient (Wildman–Crippen LogP) is 12.0. The Kier molecular flexibility index (Phi) is 27.9. The second-order valence-corrected chi connectivity index (χ2v) is 13.2. The third-order valence-electron chi connectivity index (χ3n) is 6.59. The van der Waals surface area contributed by atoms with Crippen molar-refractivity contribution in [2.45, 2.75) is 115 Å². The molecule has 0 atom stereocenters. The summed E-state index contributed by atoms with van der Waals surface area (Å²) >= 11 is 0. The molecule has 13 nitrogen and oxygen atoms in total. The van der Waals surface area contributed by atoms with Crippen molar-refractivity contribution in [3.8, 4) is 0 Å². The molecule has 0 saturated carbocycles. The second-order valence-electron chi connectivity index (χ2n) is 13.2. The van der Waals surface area contributed by atoms with Crippen LogP contribution in [0.1, 0.15) is 134 Å². The van der Waals surface area contributed by atoms with Crippen molar-refractivity contribution in [2.75, 3.05) is 28.4 Å². The van der Waals surface area contributed by atoms with Crippen molar-refractivity contribution in [1.82, 2.24) is 0 Å². The third kappa shape index (κ3) is 22.1. The van der Waals surface area contributed by atoms with Crippen LogP contribution in [0.15, 0.2) is 97.1 Å². The second kappa shape index (κ2) is 29.9. The van der Waals surface area contributed by atoms with Crippen LogP contribution >= 0.6 is 0 Å². The van der Waals surface area contributed by atoms with E-state index in [2.05, 4.69) is 26.0 Å². The van der Waals surface area contributed by atoms with E-state index in [0.717, 1.165) is 5.56 Å². The van der Waals surface area contributed by atoms with Crippen molar-refractivity contribution in [3.05, 3.63) is 119 Å². The Morgan fingerprint density at radius 1 is 0.467 bits per heavy atom. The molecule has 0 saturated heterocycles. The highest BCUT2D eigenvalue weighted by Crippen LogP contribution is 2.24. The van der Waals surface area contributed by atoms with E-state index in [9.17, 15) is 24.0 Å². The van der Waals surface area contributed by atoms with Gasteiger partial charge in [-0.25, -0.2) is 14.4 Å². The maximum absolute atomic E-state index is 12.5. The van der Waals surface area contributed by atoms with Crippen LogP contribution in [0.25, 0.3) is 0 Å². The number of hydrogen-bond acceptors (Lipinski definition) is 9. The summed E-state index contributed by atoms with van der Waals surface area (Å²) in [7, 11) is 1.29. The molecule has 13 heteroatoms. The van der Waals surface area contributed by atoms with Gasteiger partial charge in [-0.2, -0.15) is 0 Å². The van der Waals surface area contributed by atoms with Gasteiger partial charge in [0, 0.05) is 11.1 Å². The maximum Gasteiger partial charge on any atom is 0.412 e. The van der Waals surface area contributed by atoms with E-state index in [1.807, 2.05) is 55.4 Å². The molecule has 0 fully saturated rings. The van der Waals surface area contributed by atoms with E-state index in [4.69, 9.17) is 14.6 Å². The van der Waals surface area contributed by atoms with Gasteiger partial charge in [-0.05, 0) is 108 Å². The number of rotatable bonds is 8. The first kappa shape index (κ1) is 55.9. The van der Waals surface area contributed by atoms with Crippen LogP contribution in [0.3, 0.4) is 0 Å². The summed E-state index contributed by atoms with van der Waals surface area (Å²) in [5.41, 5.74) is 2.36. The fourth-order valence-electron chi connectivity index (χ4n) is 4.26. The van der Waals surface area contributed by atoms with Gasteiger partial charge in [0.05, 0.1) is 42.0 Å².